The molecule has 0 fully saturated rings. The van der Waals surface area contributed by atoms with E-state index in [1.54, 1.807) is 11.3 Å². The van der Waals surface area contributed by atoms with E-state index in [1.807, 2.05) is 0 Å². The predicted molar refractivity (Wildman–Crippen MR) is 41.9 cm³/mol. The maximum absolute atomic E-state index is 3.14. The van der Waals surface area contributed by atoms with Crippen LogP contribution in [0.1, 0.15) is 24.3 Å². The number of hydrogen-bond donors (Lipinski definition) is 0. The van der Waals surface area contributed by atoms with Crippen LogP contribution in [-0.4, -0.2) is 0 Å². The average Bonchev–Trinajstić information content (AvgIpc) is 2.33. The zero-order valence-corrected chi connectivity index (χ0v) is 6.72. The fraction of sp³-hybridized carbons (Fsp3) is 0.500. The molecule has 1 aromatic rings. The fourth-order valence-electron chi connectivity index (χ4n) is 0.916. The Morgan fingerprint density at radius 1 is 1.44 bits per heavy atom. The highest BCUT2D eigenvalue weighted by molar-refractivity contribution is 7.09. The maximum Gasteiger partial charge on any atom is 0.0448 e. The molecule has 0 bridgehead atoms. The van der Waals surface area contributed by atoms with Crippen molar-refractivity contribution in [3.05, 3.63) is 21.9 Å². The Balaban J connectivity index is 2.85. The van der Waals surface area contributed by atoms with E-state index in [1.165, 1.54) is 10.4 Å². The molecule has 0 amide bonds. The first kappa shape index (κ1) is 6.81. The monoisotopic (exact) mass is 139 g/mol. The first-order valence-corrected chi connectivity index (χ1v) is 4.17. The molecular formula is C8H11S. The molecule has 1 rings (SSSR count). The Bertz CT molecular complexity index is 158. The largest absolute Gasteiger partial charge is 0.139 e. The van der Waals surface area contributed by atoms with Gasteiger partial charge in [-0.3, -0.25) is 0 Å². The molecule has 0 aliphatic heterocycles. The molecule has 0 aliphatic rings. The second-order valence-electron chi connectivity index (χ2n) is 2.02. The van der Waals surface area contributed by atoms with Gasteiger partial charge in [0.25, 0.3) is 0 Å². The topological polar surface area (TPSA) is 0 Å². The first-order chi connectivity index (χ1) is 4.38. The van der Waals surface area contributed by atoms with E-state index in [9.17, 15) is 0 Å². The van der Waals surface area contributed by atoms with Gasteiger partial charge in [-0.05, 0) is 24.5 Å². The minimum Gasteiger partial charge on any atom is -0.139 e. The second-order valence-corrected chi connectivity index (χ2v) is 2.95. The van der Waals surface area contributed by atoms with Gasteiger partial charge in [-0.1, -0.05) is 13.8 Å². The Morgan fingerprint density at radius 2 is 2.22 bits per heavy atom. The third-order valence-corrected chi connectivity index (χ3v) is 2.51. The molecule has 49 valence electrons. The minimum atomic E-state index is 1.16. The molecular weight excluding hydrogens is 128 g/mol. The lowest BCUT2D eigenvalue weighted by Gasteiger charge is -1.92. The molecule has 0 N–H and O–H groups in total. The highest BCUT2D eigenvalue weighted by Crippen LogP contribution is 2.16. The van der Waals surface area contributed by atoms with Gasteiger partial charge in [0, 0.05) is 10.3 Å². The van der Waals surface area contributed by atoms with Crippen LogP contribution in [0.3, 0.4) is 0 Å². The SMILES string of the molecule is CCc1c[c]sc1CC. The zero-order chi connectivity index (χ0) is 6.69. The average molecular weight is 139 g/mol. The van der Waals surface area contributed by atoms with E-state index >= 15 is 0 Å². The van der Waals surface area contributed by atoms with Crippen molar-refractivity contribution < 1.29 is 0 Å². The summed E-state index contributed by atoms with van der Waals surface area (Å²) in [5.74, 6) is 0. The molecule has 9 heavy (non-hydrogen) atoms. The molecule has 0 saturated carbocycles. The van der Waals surface area contributed by atoms with Crippen molar-refractivity contribution in [3.63, 3.8) is 0 Å². The summed E-state index contributed by atoms with van der Waals surface area (Å²) in [4.78, 5) is 1.50. The van der Waals surface area contributed by atoms with Gasteiger partial charge in [0.2, 0.25) is 0 Å². The summed E-state index contributed by atoms with van der Waals surface area (Å²) in [6.07, 6.45) is 2.32. The van der Waals surface area contributed by atoms with Crippen molar-refractivity contribution in [2.24, 2.45) is 0 Å². The van der Waals surface area contributed by atoms with Crippen LogP contribution in [0, 0.1) is 5.38 Å². The van der Waals surface area contributed by atoms with Gasteiger partial charge in [-0.25, -0.2) is 0 Å². The van der Waals surface area contributed by atoms with Crippen molar-refractivity contribution in [3.8, 4) is 0 Å². The lowest BCUT2D eigenvalue weighted by Crippen LogP contribution is -1.80. The standard InChI is InChI=1S/C8H11S/c1-3-7-5-6-9-8(7)4-2/h5H,3-4H2,1-2H3. The summed E-state index contributed by atoms with van der Waals surface area (Å²) in [6.45, 7) is 4.38. The maximum atomic E-state index is 3.14. The molecule has 0 aliphatic carbocycles. The summed E-state index contributed by atoms with van der Waals surface area (Å²) in [5.41, 5.74) is 1.47. The van der Waals surface area contributed by atoms with Crippen molar-refractivity contribution in [1.82, 2.24) is 0 Å². The molecule has 1 heteroatoms. The zero-order valence-electron chi connectivity index (χ0n) is 5.90. The number of rotatable bonds is 2. The van der Waals surface area contributed by atoms with E-state index < -0.39 is 0 Å². The van der Waals surface area contributed by atoms with Gasteiger partial charge in [0.1, 0.15) is 0 Å². The van der Waals surface area contributed by atoms with Gasteiger partial charge in [-0.15, -0.1) is 11.3 Å². The van der Waals surface area contributed by atoms with Crippen LogP contribution in [0.25, 0.3) is 0 Å². The third kappa shape index (κ3) is 1.33. The molecule has 1 heterocycles. The molecule has 0 unspecified atom stereocenters. The van der Waals surface area contributed by atoms with Crippen LogP contribution in [-0.2, 0) is 12.8 Å². The summed E-state index contributed by atoms with van der Waals surface area (Å²) >= 11 is 1.75. The lowest BCUT2D eigenvalue weighted by atomic mass is 10.2. The third-order valence-electron chi connectivity index (χ3n) is 1.48. The summed E-state index contributed by atoms with van der Waals surface area (Å²) in [5, 5.41) is 3.14. The van der Waals surface area contributed by atoms with Crippen LogP contribution >= 0.6 is 11.3 Å². The van der Waals surface area contributed by atoms with Crippen LogP contribution in [0.5, 0.6) is 0 Å². The Labute approximate surface area is 60.5 Å². The van der Waals surface area contributed by atoms with Crippen LogP contribution in [0.2, 0.25) is 0 Å². The van der Waals surface area contributed by atoms with Crippen molar-refractivity contribution in [2.45, 2.75) is 26.7 Å². The van der Waals surface area contributed by atoms with E-state index in [2.05, 4.69) is 25.3 Å². The quantitative estimate of drug-likeness (QED) is 0.591. The molecule has 0 saturated heterocycles. The number of hydrogen-bond acceptors (Lipinski definition) is 1. The Kier molecular flexibility index (Phi) is 2.29. The van der Waals surface area contributed by atoms with Crippen LogP contribution < -0.4 is 0 Å². The van der Waals surface area contributed by atoms with E-state index in [-0.39, 0.29) is 0 Å². The highest BCUT2D eigenvalue weighted by atomic mass is 32.1. The fourth-order valence-corrected chi connectivity index (χ4v) is 1.74. The Hall–Kier alpha value is -0.300. The van der Waals surface area contributed by atoms with Gasteiger partial charge < -0.3 is 0 Å². The van der Waals surface area contributed by atoms with Crippen molar-refractivity contribution in [1.29, 1.82) is 0 Å². The van der Waals surface area contributed by atoms with E-state index in [4.69, 9.17) is 0 Å². The summed E-state index contributed by atoms with van der Waals surface area (Å²) < 4.78 is 0. The molecule has 0 aromatic carbocycles. The van der Waals surface area contributed by atoms with Crippen molar-refractivity contribution >= 4 is 11.3 Å². The van der Waals surface area contributed by atoms with Crippen LogP contribution in [0.15, 0.2) is 6.07 Å². The molecule has 1 radical (unpaired) electrons. The normalized spacial score (nSPS) is 10.0. The van der Waals surface area contributed by atoms with Gasteiger partial charge >= 0.3 is 0 Å². The lowest BCUT2D eigenvalue weighted by molar-refractivity contribution is 1.07. The summed E-state index contributed by atoms with van der Waals surface area (Å²) in [7, 11) is 0. The smallest absolute Gasteiger partial charge is 0.0448 e. The highest BCUT2D eigenvalue weighted by Gasteiger charge is 1.97. The number of aryl methyl sites for hydroxylation is 2. The predicted octanol–water partition coefficient (Wildman–Crippen LogP) is 2.67. The van der Waals surface area contributed by atoms with Crippen molar-refractivity contribution in [2.75, 3.05) is 0 Å². The van der Waals surface area contributed by atoms with Gasteiger partial charge in [0.05, 0.1) is 0 Å². The van der Waals surface area contributed by atoms with Gasteiger partial charge in [-0.2, -0.15) is 0 Å². The molecule has 1 aromatic heterocycles. The first-order valence-electron chi connectivity index (χ1n) is 3.36. The van der Waals surface area contributed by atoms with Crippen LogP contribution in [0.4, 0.5) is 0 Å². The van der Waals surface area contributed by atoms with E-state index in [0.29, 0.717) is 0 Å². The summed E-state index contributed by atoms with van der Waals surface area (Å²) in [6, 6.07) is 2.10. The molecule has 0 atom stereocenters. The Morgan fingerprint density at radius 3 is 2.67 bits per heavy atom. The molecule has 0 spiro atoms. The van der Waals surface area contributed by atoms with Gasteiger partial charge in [0.15, 0.2) is 0 Å². The van der Waals surface area contributed by atoms with E-state index in [0.717, 1.165) is 12.8 Å². The molecule has 0 nitrogen and oxygen atoms in total. The second kappa shape index (κ2) is 3.02. The number of thiophene rings is 1. The minimum absolute atomic E-state index is 1.16.